The van der Waals surface area contributed by atoms with E-state index >= 15 is 0 Å². The van der Waals surface area contributed by atoms with Crippen molar-refractivity contribution in [2.75, 3.05) is 33.2 Å². The number of nitrogens with zero attached hydrogens (tertiary/aromatic N) is 5. The predicted octanol–water partition coefficient (Wildman–Crippen LogP) is 2.04. The maximum absolute atomic E-state index is 13.1. The number of aromatic nitrogens is 4. The zero-order chi connectivity index (χ0) is 21.6. The summed E-state index contributed by atoms with van der Waals surface area (Å²) in [6, 6.07) is 1.59. The SMILES string of the molecule is CCCc1nn(C)c2c(=O)[nH]c(-c3cc(S(=O)(=O)N4CCN(C)CC4)sc3Br)nc12. The number of rotatable bonds is 5. The number of aromatic amines is 1. The van der Waals surface area contributed by atoms with Crippen molar-refractivity contribution in [2.45, 2.75) is 24.0 Å². The van der Waals surface area contributed by atoms with Crippen LogP contribution in [0.3, 0.4) is 0 Å². The van der Waals surface area contributed by atoms with Gasteiger partial charge in [0.2, 0.25) is 0 Å². The summed E-state index contributed by atoms with van der Waals surface area (Å²) in [7, 11) is 0.0994. The molecule has 0 bridgehead atoms. The molecule has 1 fully saturated rings. The van der Waals surface area contributed by atoms with Crippen LogP contribution < -0.4 is 5.56 Å². The summed E-state index contributed by atoms with van der Waals surface area (Å²) in [4.78, 5) is 22.2. The Labute approximate surface area is 186 Å². The molecule has 12 heteroatoms. The summed E-state index contributed by atoms with van der Waals surface area (Å²) in [6.07, 6.45) is 1.59. The first kappa shape index (κ1) is 21.6. The number of thiophene rings is 1. The van der Waals surface area contributed by atoms with Gasteiger partial charge in [0.1, 0.15) is 15.6 Å². The van der Waals surface area contributed by atoms with Crippen molar-refractivity contribution < 1.29 is 8.42 Å². The molecule has 0 unspecified atom stereocenters. The van der Waals surface area contributed by atoms with Crippen LogP contribution in [0, 0.1) is 0 Å². The molecule has 0 radical (unpaired) electrons. The predicted molar refractivity (Wildman–Crippen MR) is 120 cm³/mol. The normalized spacial score (nSPS) is 16.5. The average molecular weight is 515 g/mol. The molecule has 1 N–H and O–H groups in total. The minimum atomic E-state index is -3.60. The van der Waals surface area contributed by atoms with E-state index < -0.39 is 10.0 Å². The van der Waals surface area contributed by atoms with Crippen LogP contribution in [0.4, 0.5) is 0 Å². The molecule has 0 aliphatic carbocycles. The number of hydrogen-bond acceptors (Lipinski definition) is 7. The number of nitrogens with one attached hydrogen (secondary N) is 1. The van der Waals surface area contributed by atoms with E-state index in [2.05, 4.69) is 35.9 Å². The van der Waals surface area contributed by atoms with Crippen LogP contribution in [0.5, 0.6) is 0 Å². The third-order valence-corrected chi connectivity index (χ3v) is 9.41. The van der Waals surface area contributed by atoms with Gasteiger partial charge >= 0.3 is 0 Å². The fourth-order valence-electron chi connectivity index (χ4n) is 3.57. The lowest BCUT2D eigenvalue weighted by Gasteiger charge is -2.31. The van der Waals surface area contributed by atoms with Crippen LogP contribution in [0.2, 0.25) is 0 Å². The minimum Gasteiger partial charge on any atom is -0.305 e. The first-order valence-corrected chi connectivity index (χ1v) is 12.7. The Hall–Kier alpha value is -1.60. The first-order chi connectivity index (χ1) is 14.2. The number of H-pyrrole nitrogens is 1. The Bertz CT molecular complexity index is 1250. The molecule has 1 aliphatic heterocycles. The van der Waals surface area contributed by atoms with Gasteiger partial charge in [0.15, 0.2) is 5.52 Å². The van der Waals surface area contributed by atoms with Crippen molar-refractivity contribution in [3.05, 3.63) is 25.9 Å². The van der Waals surface area contributed by atoms with Crippen LogP contribution in [-0.2, 0) is 23.5 Å². The fraction of sp³-hybridized carbons (Fsp3) is 0.500. The van der Waals surface area contributed by atoms with E-state index in [0.717, 1.165) is 23.5 Å². The molecule has 4 heterocycles. The summed E-state index contributed by atoms with van der Waals surface area (Å²) in [5.74, 6) is 0.334. The molecular weight excluding hydrogens is 492 g/mol. The molecule has 9 nitrogen and oxygen atoms in total. The molecule has 0 aromatic carbocycles. The van der Waals surface area contributed by atoms with Gasteiger partial charge in [-0.15, -0.1) is 11.3 Å². The van der Waals surface area contributed by atoms with Gasteiger partial charge in [-0.2, -0.15) is 9.40 Å². The van der Waals surface area contributed by atoms with E-state index in [1.807, 2.05) is 14.0 Å². The topological polar surface area (TPSA) is 104 Å². The van der Waals surface area contributed by atoms with Gasteiger partial charge in [0, 0.05) is 38.8 Å². The van der Waals surface area contributed by atoms with Gasteiger partial charge in [-0.05, 0) is 35.5 Å². The summed E-state index contributed by atoms with van der Waals surface area (Å²) in [5.41, 5.74) is 1.99. The van der Waals surface area contributed by atoms with Crippen molar-refractivity contribution in [1.29, 1.82) is 0 Å². The highest BCUT2D eigenvalue weighted by Gasteiger charge is 2.30. The summed E-state index contributed by atoms with van der Waals surface area (Å²) in [5, 5.41) is 4.43. The number of hydrogen-bond donors (Lipinski definition) is 1. The van der Waals surface area contributed by atoms with E-state index in [4.69, 9.17) is 0 Å². The van der Waals surface area contributed by atoms with Crippen LogP contribution in [0.15, 0.2) is 18.9 Å². The molecular formula is C18H23BrN6O3S2. The van der Waals surface area contributed by atoms with Crippen LogP contribution >= 0.6 is 27.3 Å². The van der Waals surface area contributed by atoms with Gasteiger partial charge in [-0.25, -0.2) is 13.4 Å². The molecule has 162 valence electrons. The standard InChI is InChI=1S/C18H23BrN6O3S2/c1-4-5-12-14-15(24(3)22-12)18(26)21-17(20-14)11-10-13(29-16(11)19)30(27,28)25-8-6-23(2)7-9-25/h10H,4-9H2,1-3H3,(H,20,21,26). The molecule has 0 spiro atoms. The molecule has 30 heavy (non-hydrogen) atoms. The van der Waals surface area contributed by atoms with Crippen molar-refractivity contribution in [3.63, 3.8) is 0 Å². The lowest BCUT2D eigenvalue weighted by molar-refractivity contribution is 0.222. The number of sulfonamides is 1. The highest BCUT2D eigenvalue weighted by molar-refractivity contribution is 9.11. The van der Waals surface area contributed by atoms with E-state index in [1.165, 1.54) is 4.31 Å². The molecule has 0 atom stereocenters. The summed E-state index contributed by atoms with van der Waals surface area (Å²) < 4.78 is 30.1. The Morgan fingerprint density at radius 2 is 1.93 bits per heavy atom. The number of likely N-dealkylation sites (N-methyl/N-ethyl adjacent to an activating group) is 1. The monoisotopic (exact) mass is 514 g/mol. The number of piperazine rings is 1. The van der Waals surface area contributed by atoms with Crippen LogP contribution in [0.1, 0.15) is 19.0 Å². The number of halogens is 1. The Kier molecular flexibility index (Phi) is 5.88. The Morgan fingerprint density at radius 3 is 2.60 bits per heavy atom. The second kappa shape index (κ2) is 8.15. The van der Waals surface area contributed by atoms with Crippen molar-refractivity contribution in [1.82, 2.24) is 29.0 Å². The molecule has 1 saturated heterocycles. The Morgan fingerprint density at radius 1 is 1.23 bits per heavy atom. The second-order valence-corrected chi connectivity index (χ2v) is 11.9. The maximum atomic E-state index is 13.1. The molecule has 4 rings (SSSR count). The van der Waals surface area contributed by atoms with Crippen molar-refractivity contribution in [2.24, 2.45) is 7.05 Å². The number of fused-ring (bicyclic) bond motifs is 1. The zero-order valence-corrected chi connectivity index (χ0v) is 20.2. The molecule has 3 aromatic rings. The first-order valence-electron chi connectivity index (χ1n) is 9.66. The van der Waals surface area contributed by atoms with Gasteiger partial charge in [0.25, 0.3) is 15.6 Å². The van der Waals surface area contributed by atoms with Gasteiger partial charge < -0.3 is 9.88 Å². The largest absolute Gasteiger partial charge is 0.305 e. The molecule has 1 aliphatic rings. The highest BCUT2D eigenvalue weighted by Crippen LogP contribution is 2.38. The van der Waals surface area contributed by atoms with Crippen molar-refractivity contribution in [3.8, 4) is 11.4 Å². The van der Waals surface area contributed by atoms with Crippen LogP contribution in [-0.4, -0.2) is 70.6 Å². The van der Waals surface area contributed by atoms with E-state index in [9.17, 15) is 13.2 Å². The van der Waals surface area contributed by atoms with Crippen molar-refractivity contribution >= 4 is 48.3 Å². The third-order valence-electron chi connectivity index (χ3n) is 5.23. The number of aryl methyl sites for hydroxylation is 2. The third kappa shape index (κ3) is 3.75. The minimum absolute atomic E-state index is 0.233. The second-order valence-electron chi connectivity index (χ2n) is 7.39. The zero-order valence-electron chi connectivity index (χ0n) is 17.0. The quantitative estimate of drug-likeness (QED) is 0.558. The maximum Gasteiger partial charge on any atom is 0.277 e. The van der Waals surface area contributed by atoms with Gasteiger partial charge in [-0.1, -0.05) is 13.3 Å². The lowest BCUT2D eigenvalue weighted by Crippen LogP contribution is -2.46. The van der Waals surface area contributed by atoms with E-state index in [-0.39, 0.29) is 9.77 Å². The van der Waals surface area contributed by atoms with E-state index in [1.54, 1.807) is 17.8 Å². The van der Waals surface area contributed by atoms with E-state index in [0.29, 0.717) is 58.8 Å². The smallest absolute Gasteiger partial charge is 0.277 e. The Balaban J connectivity index is 1.77. The average Bonchev–Trinajstić information content (AvgIpc) is 3.23. The van der Waals surface area contributed by atoms with Gasteiger partial charge in [-0.3, -0.25) is 9.48 Å². The fourth-order valence-corrected chi connectivity index (χ4v) is 7.49. The van der Waals surface area contributed by atoms with Crippen LogP contribution in [0.25, 0.3) is 22.4 Å². The molecule has 0 amide bonds. The molecule has 0 saturated carbocycles. The highest BCUT2D eigenvalue weighted by atomic mass is 79.9. The summed E-state index contributed by atoms with van der Waals surface area (Å²) in [6.45, 7) is 4.36. The van der Waals surface area contributed by atoms with Gasteiger partial charge in [0.05, 0.1) is 9.48 Å². The molecule has 3 aromatic heterocycles. The lowest BCUT2D eigenvalue weighted by atomic mass is 10.2. The summed E-state index contributed by atoms with van der Waals surface area (Å²) >= 11 is 4.60.